The fourth-order valence-corrected chi connectivity index (χ4v) is 5.50. The summed E-state index contributed by atoms with van der Waals surface area (Å²) < 4.78 is 13.3. The fraction of sp³-hybridized carbons (Fsp3) is 0.333. The summed E-state index contributed by atoms with van der Waals surface area (Å²) in [7, 11) is 0. The van der Waals surface area contributed by atoms with Crippen LogP contribution in [-0.2, 0) is 9.59 Å². The second kappa shape index (κ2) is 7.76. The van der Waals surface area contributed by atoms with Crippen LogP contribution >= 0.6 is 23.4 Å². The molecule has 2 heterocycles. The number of anilines is 1. The summed E-state index contributed by atoms with van der Waals surface area (Å²) >= 11 is 8.02. The Morgan fingerprint density at radius 3 is 2.36 bits per heavy atom. The van der Waals surface area contributed by atoms with E-state index in [-0.39, 0.29) is 22.5 Å². The van der Waals surface area contributed by atoms with Crippen molar-refractivity contribution in [3.63, 3.8) is 0 Å². The molecule has 28 heavy (non-hydrogen) atoms. The largest absolute Gasteiger partial charge is 0.341 e. The van der Waals surface area contributed by atoms with Crippen molar-refractivity contribution in [3.05, 3.63) is 66.0 Å². The Morgan fingerprint density at radius 2 is 1.71 bits per heavy atom. The van der Waals surface area contributed by atoms with E-state index in [1.165, 1.54) is 12.1 Å². The molecule has 0 bridgehead atoms. The number of carbonyl (C=O) groups is 2. The molecule has 2 aromatic rings. The summed E-state index contributed by atoms with van der Waals surface area (Å²) in [5, 5.41) is -0.707. The van der Waals surface area contributed by atoms with Crippen LogP contribution < -0.4 is 4.90 Å². The SMILES string of the molecule is O=C([C@H](Cl)c1ccccc1)N1CCC2(CC1)SCC(=O)N2c1ccc(F)cc1. The lowest BCUT2D eigenvalue weighted by Crippen LogP contribution is -2.53. The number of likely N-dealkylation sites (tertiary alicyclic amines) is 1. The first-order valence-corrected chi connectivity index (χ1v) is 10.6. The molecule has 1 atom stereocenters. The number of halogens is 2. The van der Waals surface area contributed by atoms with Gasteiger partial charge in [-0.3, -0.25) is 14.5 Å². The average Bonchev–Trinajstić information content (AvgIpc) is 3.04. The van der Waals surface area contributed by atoms with Gasteiger partial charge in [-0.2, -0.15) is 0 Å². The van der Waals surface area contributed by atoms with Gasteiger partial charge in [0.1, 0.15) is 11.2 Å². The fourth-order valence-electron chi connectivity index (χ4n) is 3.89. The highest BCUT2D eigenvalue weighted by Gasteiger charge is 2.49. The number of benzene rings is 2. The van der Waals surface area contributed by atoms with Crippen molar-refractivity contribution in [3.8, 4) is 0 Å². The monoisotopic (exact) mass is 418 g/mol. The summed E-state index contributed by atoms with van der Waals surface area (Å²) in [6.45, 7) is 1.07. The van der Waals surface area contributed by atoms with Gasteiger partial charge in [0.2, 0.25) is 11.8 Å². The molecule has 146 valence electrons. The molecule has 4 rings (SSSR count). The quantitative estimate of drug-likeness (QED) is 0.701. The molecular formula is C21H20ClFN2O2S. The third-order valence-electron chi connectivity index (χ3n) is 5.37. The molecule has 0 radical (unpaired) electrons. The predicted molar refractivity (Wildman–Crippen MR) is 110 cm³/mol. The average molecular weight is 419 g/mol. The highest BCUT2D eigenvalue weighted by Crippen LogP contribution is 2.47. The van der Waals surface area contributed by atoms with Crippen molar-refractivity contribution in [2.75, 3.05) is 23.7 Å². The molecule has 2 aliphatic heterocycles. The van der Waals surface area contributed by atoms with Crippen LogP contribution in [0.1, 0.15) is 23.8 Å². The number of carbonyl (C=O) groups excluding carboxylic acids is 2. The summed E-state index contributed by atoms with van der Waals surface area (Å²) in [5.74, 6) is -0.0131. The van der Waals surface area contributed by atoms with Crippen LogP contribution in [0.5, 0.6) is 0 Å². The Labute approximate surface area is 172 Å². The molecule has 0 saturated carbocycles. The number of amides is 2. The minimum Gasteiger partial charge on any atom is -0.341 e. The van der Waals surface area contributed by atoms with Gasteiger partial charge in [-0.1, -0.05) is 30.3 Å². The molecule has 0 N–H and O–H groups in total. The third kappa shape index (κ3) is 3.51. The number of nitrogens with zero attached hydrogens (tertiary/aromatic N) is 2. The Bertz CT molecular complexity index is 870. The minimum absolute atomic E-state index is 0.0240. The number of rotatable bonds is 3. The van der Waals surface area contributed by atoms with E-state index in [4.69, 9.17) is 11.6 Å². The highest BCUT2D eigenvalue weighted by molar-refractivity contribution is 8.02. The maximum atomic E-state index is 13.3. The normalized spacial score (nSPS) is 19.9. The lowest BCUT2D eigenvalue weighted by molar-refractivity contribution is -0.132. The van der Waals surface area contributed by atoms with Gasteiger partial charge >= 0.3 is 0 Å². The molecule has 7 heteroatoms. The van der Waals surface area contributed by atoms with E-state index < -0.39 is 5.38 Å². The molecule has 1 spiro atoms. The molecule has 0 aromatic heterocycles. The zero-order valence-corrected chi connectivity index (χ0v) is 16.8. The van der Waals surface area contributed by atoms with Gasteiger partial charge in [0.15, 0.2) is 0 Å². The van der Waals surface area contributed by atoms with Crippen molar-refractivity contribution in [1.29, 1.82) is 0 Å². The Hall–Kier alpha value is -2.05. The van der Waals surface area contributed by atoms with E-state index in [2.05, 4.69) is 0 Å². The number of alkyl halides is 1. The number of thioether (sulfide) groups is 1. The van der Waals surface area contributed by atoms with E-state index in [0.29, 0.717) is 37.4 Å². The van der Waals surface area contributed by atoms with Crippen LogP contribution in [0.25, 0.3) is 0 Å². The van der Waals surface area contributed by atoms with Crippen LogP contribution in [-0.4, -0.2) is 40.4 Å². The first kappa shape index (κ1) is 19.3. The minimum atomic E-state index is -0.707. The zero-order chi connectivity index (χ0) is 19.7. The number of hydrogen-bond acceptors (Lipinski definition) is 3. The first-order valence-electron chi connectivity index (χ1n) is 9.21. The molecule has 2 saturated heterocycles. The van der Waals surface area contributed by atoms with E-state index >= 15 is 0 Å². The first-order chi connectivity index (χ1) is 13.5. The molecule has 2 aliphatic rings. The predicted octanol–water partition coefficient (Wildman–Crippen LogP) is 4.20. The van der Waals surface area contributed by atoms with Gasteiger partial charge < -0.3 is 4.90 Å². The standard InChI is InChI=1S/C21H20ClFN2O2S/c22-19(15-4-2-1-3-5-15)20(27)24-12-10-21(11-13-24)25(18(26)14-28-21)17-8-6-16(23)7-9-17/h1-9,19H,10-14H2/t19-/m1/s1. The van der Waals surface area contributed by atoms with Gasteiger partial charge in [-0.15, -0.1) is 23.4 Å². The van der Waals surface area contributed by atoms with Crippen molar-refractivity contribution in [1.82, 2.24) is 4.90 Å². The second-order valence-electron chi connectivity index (χ2n) is 7.04. The Kier molecular flexibility index (Phi) is 5.34. The maximum Gasteiger partial charge on any atom is 0.245 e. The summed E-state index contributed by atoms with van der Waals surface area (Å²) in [6, 6.07) is 15.3. The lowest BCUT2D eigenvalue weighted by atomic mass is 10.00. The van der Waals surface area contributed by atoms with Crippen LogP contribution in [0.3, 0.4) is 0 Å². The van der Waals surface area contributed by atoms with Crippen LogP contribution in [0, 0.1) is 5.82 Å². The second-order valence-corrected chi connectivity index (χ2v) is 8.81. The van der Waals surface area contributed by atoms with Gasteiger partial charge in [-0.25, -0.2) is 4.39 Å². The smallest absolute Gasteiger partial charge is 0.245 e. The Balaban J connectivity index is 1.48. The highest BCUT2D eigenvalue weighted by atomic mass is 35.5. The summed E-state index contributed by atoms with van der Waals surface area (Å²) in [5.41, 5.74) is 1.49. The zero-order valence-electron chi connectivity index (χ0n) is 15.2. The number of piperidine rings is 1. The summed E-state index contributed by atoms with van der Waals surface area (Å²) in [6.07, 6.45) is 1.32. The third-order valence-corrected chi connectivity index (χ3v) is 7.33. The lowest BCUT2D eigenvalue weighted by Gasteiger charge is -2.44. The van der Waals surface area contributed by atoms with E-state index in [1.54, 1.807) is 33.7 Å². The topological polar surface area (TPSA) is 40.6 Å². The van der Waals surface area contributed by atoms with Gasteiger partial charge in [0.25, 0.3) is 0 Å². The molecule has 2 amide bonds. The number of hydrogen-bond donors (Lipinski definition) is 0. The van der Waals surface area contributed by atoms with E-state index in [9.17, 15) is 14.0 Å². The van der Waals surface area contributed by atoms with Crippen LogP contribution in [0.2, 0.25) is 0 Å². The summed E-state index contributed by atoms with van der Waals surface area (Å²) in [4.78, 5) is 28.5. The maximum absolute atomic E-state index is 13.3. The molecule has 2 aromatic carbocycles. The van der Waals surface area contributed by atoms with Crippen molar-refractivity contribution >= 4 is 40.9 Å². The van der Waals surface area contributed by atoms with Gasteiger partial charge in [0, 0.05) is 18.8 Å². The van der Waals surface area contributed by atoms with Crippen LogP contribution in [0.4, 0.5) is 10.1 Å². The molecule has 4 nitrogen and oxygen atoms in total. The molecular weight excluding hydrogens is 399 g/mol. The van der Waals surface area contributed by atoms with Crippen LogP contribution in [0.15, 0.2) is 54.6 Å². The van der Waals surface area contributed by atoms with Gasteiger partial charge in [0.05, 0.1) is 10.6 Å². The molecule has 0 aliphatic carbocycles. The van der Waals surface area contributed by atoms with Crippen molar-refractivity contribution in [2.24, 2.45) is 0 Å². The van der Waals surface area contributed by atoms with Gasteiger partial charge in [-0.05, 0) is 42.7 Å². The van der Waals surface area contributed by atoms with Crippen molar-refractivity contribution in [2.45, 2.75) is 23.1 Å². The van der Waals surface area contributed by atoms with Crippen molar-refractivity contribution < 1.29 is 14.0 Å². The Morgan fingerprint density at radius 1 is 1.07 bits per heavy atom. The van der Waals surface area contributed by atoms with E-state index in [1.807, 2.05) is 30.3 Å². The molecule has 0 unspecified atom stereocenters. The van der Waals surface area contributed by atoms with E-state index in [0.717, 1.165) is 5.56 Å². The molecule has 2 fully saturated rings.